The number of benzene rings is 1. The molecule has 1 saturated heterocycles. The van der Waals surface area contributed by atoms with E-state index in [1.807, 2.05) is 31.2 Å². The summed E-state index contributed by atoms with van der Waals surface area (Å²) < 4.78 is 10.8. The summed E-state index contributed by atoms with van der Waals surface area (Å²) in [5, 5.41) is 1.04. The Balaban J connectivity index is 1.62. The van der Waals surface area contributed by atoms with Gasteiger partial charge in [0.2, 0.25) is 5.91 Å². The number of aromatic nitrogens is 1. The third-order valence-electron chi connectivity index (χ3n) is 5.98. The second-order valence-corrected chi connectivity index (χ2v) is 7.50. The van der Waals surface area contributed by atoms with E-state index in [1.165, 1.54) is 0 Å². The van der Waals surface area contributed by atoms with Gasteiger partial charge < -0.3 is 23.9 Å². The number of aromatic amines is 1. The molecular formula is C21H21N3O4. The molecule has 1 N–H and O–H groups in total. The molecule has 144 valence electrons. The van der Waals surface area contributed by atoms with Gasteiger partial charge in [0.05, 0.1) is 25.6 Å². The van der Waals surface area contributed by atoms with E-state index in [0.29, 0.717) is 18.7 Å². The molecule has 2 aliphatic rings. The molecule has 1 unspecified atom stereocenters. The van der Waals surface area contributed by atoms with E-state index in [4.69, 9.17) is 9.15 Å². The summed E-state index contributed by atoms with van der Waals surface area (Å²) in [4.78, 5) is 33.2. The summed E-state index contributed by atoms with van der Waals surface area (Å²) >= 11 is 0. The van der Waals surface area contributed by atoms with Crippen LogP contribution in [0.3, 0.4) is 0 Å². The normalized spacial score (nSPS) is 21.8. The topological polar surface area (TPSA) is 78.8 Å². The third kappa shape index (κ3) is 2.22. The lowest BCUT2D eigenvalue weighted by Gasteiger charge is -2.49. The second-order valence-electron chi connectivity index (χ2n) is 7.50. The number of nitrogens with zero attached hydrogens (tertiary/aromatic N) is 2. The van der Waals surface area contributed by atoms with E-state index >= 15 is 0 Å². The Labute approximate surface area is 161 Å². The minimum Gasteiger partial charge on any atom is -0.497 e. The van der Waals surface area contributed by atoms with Crippen molar-refractivity contribution in [2.75, 3.05) is 20.2 Å². The van der Waals surface area contributed by atoms with E-state index in [1.54, 1.807) is 29.2 Å². The molecule has 4 heterocycles. The smallest absolute Gasteiger partial charge is 0.255 e. The molecule has 0 bridgehead atoms. The lowest BCUT2D eigenvalue weighted by molar-refractivity contribution is -0.166. The highest BCUT2D eigenvalue weighted by molar-refractivity contribution is 6.00. The van der Waals surface area contributed by atoms with Crippen LogP contribution in [0.15, 0.2) is 41.0 Å². The van der Waals surface area contributed by atoms with Crippen LogP contribution >= 0.6 is 0 Å². The molecule has 1 fully saturated rings. The van der Waals surface area contributed by atoms with Crippen LogP contribution in [0.2, 0.25) is 0 Å². The van der Waals surface area contributed by atoms with Crippen molar-refractivity contribution in [3.05, 3.63) is 53.6 Å². The van der Waals surface area contributed by atoms with Gasteiger partial charge in [0.15, 0.2) is 5.54 Å². The van der Waals surface area contributed by atoms with E-state index < -0.39 is 5.54 Å². The lowest BCUT2D eigenvalue weighted by Crippen LogP contribution is -2.66. The van der Waals surface area contributed by atoms with Crippen molar-refractivity contribution in [3.8, 4) is 5.75 Å². The van der Waals surface area contributed by atoms with Gasteiger partial charge in [-0.2, -0.15) is 0 Å². The number of rotatable bonds is 3. The van der Waals surface area contributed by atoms with Gasteiger partial charge in [-0.15, -0.1) is 0 Å². The SMILES string of the molecule is COc1ccc2[nH]c3c(c2c1)CCN1C(=O)CN(Cc2ccco2)C(=O)C31C. The Morgan fingerprint density at radius 2 is 2.14 bits per heavy atom. The zero-order chi connectivity index (χ0) is 19.5. The number of hydrogen-bond donors (Lipinski definition) is 1. The zero-order valence-electron chi connectivity index (χ0n) is 15.8. The molecule has 0 spiro atoms. The Morgan fingerprint density at radius 1 is 1.29 bits per heavy atom. The van der Waals surface area contributed by atoms with Crippen molar-refractivity contribution in [2.45, 2.75) is 25.4 Å². The number of H-pyrrole nitrogens is 1. The summed E-state index contributed by atoms with van der Waals surface area (Å²) in [5.41, 5.74) is 1.76. The van der Waals surface area contributed by atoms with Gasteiger partial charge in [0.25, 0.3) is 5.91 Å². The number of nitrogens with one attached hydrogen (secondary N) is 1. The van der Waals surface area contributed by atoms with Crippen LogP contribution in [0.4, 0.5) is 0 Å². The number of amides is 2. The van der Waals surface area contributed by atoms with Crippen molar-refractivity contribution in [1.82, 2.24) is 14.8 Å². The minimum absolute atomic E-state index is 0.0458. The molecule has 1 aromatic carbocycles. The third-order valence-corrected chi connectivity index (χ3v) is 5.98. The maximum absolute atomic E-state index is 13.6. The van der Waals surface area contributed by atoms with Crippen molar-refractivity contribution >= 4 is 22.7 Å². The molecule has 0 saturated carbocycles. The average molecular weight is 379 g/mol. The summed E-state index contributed by atoms with van der Waals surface area (Å²) in [6.45, 7) is 2.71. The first-order valence-corrected chi connectivity index (χ1v) is 9.33. The van der Waals surface area contributed by atoms with E-state index in [2.05, 4.69) is 4.98 Å². The Morgan fingerprint density at radius 3 is 2.89 bits per heavy atom. The maximum Gasteiger partial charge on any atom is 0.255 e. The molecule has 7 heteroatoms. The van der Waals surface area contributed by atoms with Crippen LogP contribution in [-0.4, -0.2) is 46.8 Å². The fraction of sp³-hybridized carbons (Fsp3) is 0.333. The lowest BCUT2D eigenvalue weighted by atomic mass is 9.83. The van der Waals surface area contributed by atoms with Crippen LogP contribution in [0, 0.1) is 0 Å². The van der Waals surface area contributed by atoms with Crippen LogP contribution in [0.25, 0.3) is 10.9 Å². The highest BCUT2D eigenvalue weighted by Crippen LogP contribution is 2.42. The Bertz CT molecular complexity index is 1080. The van der Waals surface area contributed by atoms with Crippen LogP contribution in [0.5, 0.6) is 5.75 Å². The van der Waals surface area contributed by atoms with Crippen LogP contribution in [-0.2, 0) is 28.1 Å². The summed E-state index contributed by atoms with van der Waals surface area (Å²) in [6, 6.07) is 9.42. The Hall–Kier alpha value is -3.22. The number of hydrogen-bond acceptors (Lipinski definition) is 4. The van der Waals surface area contributed by atoms with Gasteiger partial charge in [0.1, 0.15) is 18.1 Å². The molecule has 2 amide bonds. The first kappa shape index (κ1) is 16.9. The molecular weight excluding hydrogens is 358 g/mol. The highest BCUT2D eigenvalue weighted by atomic mass is 16.5. The standard InChI is InChI=1S/C21H21N3O4/c1-21-19-15(16-10-13(27-2)5-6-17(16)22-19)7-8-24(21)18(25)12-23(20(21)26)11-14-4-3-9-28-14/h3-6,9-10,22H,7-8,11-12H2,1-2H3. The van der Waals surface area contributed by atoms with E-state index in [9.17, 15) is 9.59 Å². The first-order valence-electron chi connectivity index (χ1n) is 9.33. The fourth-order valence-electron chi connectivity index (χ4n) is 4.55. The largest absolute Gasteiger partial charge is 0.497 e. The van der Waals surface area contributed by atoms with Gasteiger partial charge >= 0.3 is 0 Å². The van der Waals surface area contributed by atoms with Gasteiger partial charge in [-0.3, -0.25) is 9.59 Å². The summed E-state index contributed by atoms with van der Waals surface area (Å²) in [7, 11) is 1.64. The summed E-state index contributed by atoms with van der Waals surface area (Å²) in [5.74, 6) is 1.29. The highest BCUT2D eigenvalue weighted by Gasteiger charge is 2.54. The van der Waals surface area contributed by atoms with Crippen molar-refractivity contribution < 1.29 is 18.7 Å². The number of fused-ring (bicyclic) bond motifs is 5. The number of carbonyl (C=O) groups is 2. The first-order chi connectivity index (χ1) is 13.5. The van der Waals surface area contributed by atoms with Crippen molar-refractivity contribution in [2.24, 2.45) is 0 Å². The molecule has 2 aromatic heterocycles. The predicted molar refractivity (Wildman–Crippen MR) is 102 cm³/mol. The van der Waals surface area contributed by atoms with E-state index in [0.717, 1.165) is 27.9 Å². The fourth-order valence-corrected chi connectivity index (χ4v) is 4.55. The number of furan rings is 1. The number of methoxy groups -OCH3 is 1. The van der Waals surface area contributed by atoms with Crippen molar-refractivity contribution in [1.29, 1.82) is 0 Å². The molecule has 3 aromatic rings. The zero-order valence-corrected chi connectivity index (χ0v) is 15.8. The van der Waals surface area contributed by atoms with Crippen LogP contribution in [0.1, 0.15) is 23.9 Å². The summed E-state index contributed by atoms with van der Waals surface area (Å²) in [6.07, 6.45) is 2.28. The number of carbonyl (C=O) groups excluding carboxylic acids is 2. The molecule has 0 aliphatic carbocycles. The molecule has 0 radical (unpaired) electrons. The molecule has 1 atom stereocenters. The second kappa shape index (κ2) is 5.89. The molecule has 5 rings (SSSR count). The van der Waals surface area contributed by atoms with Crippen LogP contribution < -0.4 is 4.74 Å². The number of piperazine rings is 1. The monoisotopic (exact) mass is 379 g/mol. The quantitative estimate of drug-likeness (QED) is 0.758. The molecule has 2 aliphatic heterocycles. The number of ether oxygens (including phenoxy) is 1. The predicted octanol–water partition coefficient (Wildman–Crippen LogP) is 2.41. The van der Waals surface area contributed by atoms with E-state index in [-0.39, 0.29) is 24.9 Å². The Kier molecular flexibility index (Phi) is 3.56. The minimum atomic E-state index is -1.05. The molecule has 28 heavy (non-hydrogen) atoms. The van der Waals surface area contributed by atoms with Gasteiger partial charge in [-0.25, -0.2) is 0 Å². The molecule has 7 nitrogen and oxygen atoms in total. The maximum atomic E-state index is 13.6. The average Bonchev–Trinajstić information content (AvgIpc) is 3.33. The van der Waals surface area contributed by atoms with Gasteiger partial charge in [0, 0.05) is 17.4 Å². The van der Waals surface area contributed by atoms with Gasteiger partial charge in [-0.1, -0.05) is 0 Å². The van der Waals surface area contributed by atoms with Crippen molar-refractivity contribution in [3.63, 3.8) is 0 Å². The van der Waals surface area contributed by atoms with Gasteiger partial charge in [-0.05, 0) is 49.2 Å².